The highest BCUT2D eigenvalue weighted by atomic mass is 19.4. The number of allylic oxidation sites excluding steroid dienone is 1. The molecule has 0 atom stereocenters. The van der Waals surface area contributed by atoms with Gasteiger partial charge in [-0.2, -0.15) is 61.5 Å². The van der Waals surface area contributed by atoms with E-state index in [9.17, 15) is 61.5 Å². The lowest BCUT2D eigenvalue weighted by atomic mass is 9.87. The normalized spacial score (nSPS) is 15.4. The van der Waals surface area contributed by atoms with E-state index in [1.807, 2.05) is 0 Å². The SMILES string of the molecule is C=CCCCCC(F)(F)C(F)(F)C(F)(F)C(F)(F)C(F)(F)C(F)(F)C(F)(F)CCO. The van der Waals surface area contributed by atoms with E-state index in [4.69, 9.17) is 5.11 Å². The molecular formula is C15H16F14O. The maximum Gasteiger partial charge on any atom is 0.384 e. The van der Waals surface area contributed by atoms with Crippen molar-refractivity contribution in [1.82, 2.24) is 0 Å². The zero-order valence-corrected chi connectivity index (χ0v) is 14.8. The molecule has 30 heavy (non-hydrogen) atoms. The van der Waals surface area contributed by atoms with Gasteiger partial charge in [-0.15, -0.1) is 6.58 Å². The van der Waals surface area contributed by atoms with E-state index in [0.29, 0.717) is 0 Å². The van der Waals surface area contributed by atoms with Gasteiger partial charge in [-0.05, 0) is 19.3 Å². The summed E-state index contributed by atoms with van der Waals surface area (Å²) in [6.45, 7) is 1.10. The monoisotopic (exact) mass is 478 g/mol. The van der Waals surface area contributed by atoms with Crippen LogP contribution >= 0.6 is 0 Å². The molecule has 0 radical (unpaired) electrons. The van der Waals surface area contributed by atoms with Crippen LogP contribution in [0.1, 0.15) is 32.1 Å². The number of rotatable bonds is 13. The van der Waals surface area contributed by atoms with Crippen molar-refractivity contribution in [3.63, 3.8) is 0 Å². The van der Waals surface area contributed by atoms with Crippen molar-refractivity contribution >= 4 is 0 Å². The van der Waals surface area contributed by atoms with Gasteiger partial charge in [0.1, 0.15) is 0 Å². The molecule has 0 saturated carbocycles. The molecule has 0 bridgehead atoms. The lowest BCUT2D eigenvalue weighted by molar-refractivity contribution is -0.442. The lowest BCUT2D eigenvalue weighted by Crippen LogP contribution is -2.73. The highest BCUT2D eigenvalue weighted by Gasteiger charge is 2.92. The Balaban J connectivity index is 6.22. The maximum atomic E-state index is 13.5. The van der Waals surface area contributed by atoms with Gasteiger partial charge in [0.15, 0.2) is 0 Å². The van der Waals surface area contributed by atoms with Gasteiger partial charge in [-0.25, -0.2) is 0 Å². The zero-order valence-electron chi connectivity index (χ0n) is 14.8. The topological polar surface area (TPSA) is 20.2 Å². The molecule has 180 valence electrons. The summed E-state index contributed by atoms with van der Waals surface area (Å²) in [5.74, 6) is -51.0. The number of aliphatic hydroxyl groups excluding tert-OH is 1. The first-order valence-electron chi connectivity index (χ1n) is 7.99. The summed E-state index contributed by atoms with van der Waals surface area (Å²) in [6.07, 6.45) is -5.27. The molecule has 0 aliphatic rings. The summed E-state index contributed by atoms with van der Waals surface area (Å²) in [5, 5.41) is 8.13. The summed E-state index contributed by atoms with van der Waals surface area (Å²) in [4.78, 5) is 0. The Kier molecular flexibility index (Phi) is 8.32. The molecule has 0 saturated heterocycles. The number of aliphatic hydroxyl groups is 1. The highest BCUT2D eigenvalue weighted by Crippen LogP contribution is 2.62. The van der Waals surface area contributed by atoms with E-state index in [-0.39, 0.29) is 12.8 Å². The molecule has 1 N–H and O–H groups in total. The molecule has 0 amide bonds. The van der Waals surface area contributed by atoms with E-state index in [2.05, 4.69) is 6.58 Å². The molecule has 1 nitrogen and oxygen atoms in total. The molecule has 0 aliphatic carbocycles. The minimum atomic E-state index is -8.06. The average molecular weight is 478 g/mol. The molecule has 0 aromatic rings. The summed E-state index contributed by atoms with van der Waals surface area (Å²) < 4.78 is 188. The minimum absolute atomic E-state index is 0.0988. The van der Waals surface area contributed by atoms with Crippen molar-refractivity contribution in [1.29, 1.82) is 0 Å². The van der Waals surface area contributed by atoms with Crippen LogP contribution in [0.15, 0.2) is 12.7 Å². The van der Waals surface area contributed by atoms with Crippen LogP contribution in [0.25, 0.3) is 0 Å². The number of hydrogen-bond donors (Lipinski definition) is 1. The van der Waals surface area contributed by atoms with Crippen LogP contribution in [0.5, 0.6) is 0 Å². The van der Waals surface area contributed by atoms with Crippen LogP contribution in [-0.4, -0.2) is 53.2 Å². The quantitative estimate of drug-likeness (QED) is 0.181. The second-order valence-electron chi connectivity index (χ2n) is 6.29. The zero-order chi connectivity index (χ0) is 24.4. The molecule has 0 rings (SSSR count). The molecule has 0 spiro atoms. The molecule has 0 heterocycles. The highest BCUT2D eigenvalue weighted by molar-refractivity contribution is 5.14. The molecule has 0 fully saturated rings. The predicted molar refractivity (Wildman–Crippen MR) is 75.0 cm³/mol. The van der Waals surface area contributed by atoms with Crippen molar-refractivity contribution in [2.24, 2.45) is 0 Å². The molecule has 0 unspecified atom stereocenters. The predicted octanol–water partition coefficient (Wildman–Crippen LogP) is 6.56. The van der Waals surface area contributed by atoms with Crippen LogP contribution in [0.2, 0.25) is 0 Å². The van der Waals surface area contributed by atoms with Gasteiger partial charge in [0.2, 0.25) is 0 Å². The van der Waals surface area contributed by atoms with Gasteiger partial charge < -0.3 is 5.11 Å². The van der Waals surface area contributed by atoms with Gasteiger partial charge in [0, 0.05) is 19.4 Å². The number of alkyl halides is 14. The van der Waals surface area contributed by atoms with E-state index in [0.717, 1.165) is 6.08 Å². The molecule has 15 heteroatoms. The maximum absolute atomic E-state index is 13.5. The Bertz CT molecular complexity index is 584. The second kappa shape index (κ2) is 8.69. The number of unbranched alkanes of at least 4 members (excludes halogenated alkanes) is 2. The lowest BCUT2D eigenvalue weighted by Gasteiger charge is -2.42. The Morgan fingerprint density at radius 1 is 0.533 bits per heavy atom. The number of hydrogen-bond acceptors (Lipinski definition) is 1. The smallest absolute Gasteiger partial charge is 0.384 e. The molecule has 0 aromatic carbocycles. The summed E-state index contributed by atoms with van der Waals surface area (Å²) in [7, 11) is 0. The van der Waals surface area contributed by atoms with Crippen molar-refractivity contribution in [3.05, 3.63) is 12.7 Å². The van der Waals surface area contributed by atoms with Gasteiger partial charge >= 0.3 is 41.5 Å². The van der Waals surface area contributed by atoms with Crippen LogP contribution in [0.3, 0.4) is 0 Å². The van der Waals surface area contributed by atoms with E-state index >= 15 is 0 Å². The van der Waals surface area contributed by atoms with Crippen molar-refractivity contribution < 1.29 is 66.6 Å². The average Bonchev–Trinajstić information content (AvgIpc) is 2.57. The third kappa shape index (κ3) is 4.35. The second-order valence-corrected chi connectivity index (χ2v) is 6.29. The first-order valence-corrected chi connectivity index (χ1v) is 7.99. The van der Waals surface area contributed by atoms with Crippen molar-refractivity contribution in [2.75, 3.05) is 6.61 Å². The van der Waals surface area contributed by atoms with Gasteiger partial charge in [0.05, 0.1) is 0 Å². The summed E-state index contributed by atoms with van der Waals surface area (Å²) in [5.41, 5.74) is 0. The first-order chi connectivity index (χ1) is 13.1. The largest absolute Gasteiger partial charge is 0.396 e. The van der Waals surface area contributed by atoms with Gasteiger partial charge in [-0.1, -0.05) is 6.08 Å². The first kappa shape index (κ1) is 28.7. The molecule has 0 aromatic heterocycles. The van der Waals surface area contributed by atoms with Crippen LogP contribution in [0, 0.1) is 0 Å². The summed E-state index contributed by atoms with van der Waals surface area (Å²) in [6, 6.07) is 0. The fourth-order valence-electron chi connectivity index (χ4n) is 2.14. The fraction of sp³-hybridized carbons (Fsp3) is 0.867. The van der Waals surface area contributed by atoms with E-state index < -0.39 is 67.3 Å². The Morgan fingerprint density at radius 3 is 1.20 bits per heavy atom. The van der Waals surface area contributed by atoms with Crippen molar-refractivity contribution in [2.45, 2.75) is 73.6 Å². The van der Waals surface area contributed by atoms with Gasteiger partial charge in [0.25, 0.3) is 0 Å². The minimum Gasteiger partial charge on any atom is -0.396 e. The Labute approximate surface area is 160 Å². The fourth-order valence-corrected chi connectivity index (χ4v) is 2.14. The van der Waals surface area contributed by atoms with Crippen LogP contribution < -0.4 is 0 Å². The van der Waals surface area contributed by atoms with E-state index in [1.165, 1.54) is 0 Å². The van der Waals surface area contributed by atoms with Gasteiger partial charge in [-0.3, -0.25) is 0 Å². The summed E-state index contributed by atoms with van der Waals surface area (Å²) >= 11 is 0. The van der Waals surface area contributed by atoms with Crippen LogP contribution in [0.4, 0.5) is 61.5 Å². The van der Waals surface area contributed by atoms with E-state index in [1.54, 1.807) is 0 Å². The number of halogens is 14. The third-order valence-corrected chi connectivity index (χ3v) is 4.07. The van der Waals surface area contributed by atoms with Crippen molar-refractivity contribution in [3.8, 4) is 0 Å². The molecular weight excluding hydrogens is 462 g/mol. The Morgan fingerprint density at radius 2 is 0.867 bits per heavy atom. The van der Waals surface area contributed by atoms with Crippen LogP contribution in [-0.2, 0) is 0 Å². The molecule has 0 aliphatic heterocycles. The standard InChI is InChI=1S/C15H16F14O/c1-2-3-4-5-6-9(16,17)11(20,21)13(24,25)15(28,29)14(26,27)12(22,23)10(18,19)7-8-30/h2,30H,1,3-8H2. The third-order valence-electron chi connectivity index (χ3n) is 4.07. The Hall–Kier alpha value is -1.28.